The summed E-state index contributed by atoms with van der Waals surface area (Å²) in [7, 11) is 0. The third-order valence-electron chi connectivity index (χ3n) is 7.80. The molecule has 0 unspecified atom stereocenters. The Morgan fingerprint density at radius 1 is 1.10 bits per heavy atom. The summed E-state index contributed by atoms with van der Waals surface area (Å²) in [5.74, 6) is -0.167. The first-order chi connectivity index (χ1) is 18.7. The van der Waals surface area contributed by atoms with Gasteiger partial charge in [-0.05, 0) is 48.6 Å². The van der Waals surface area contributed by atoms with Gasteiger partial charge in [-0.3, -0.25) is 14.6 Å². The highest BCUT2D eigenvalue weighted by Crippen LogP contribution is 2.41. The maximum atomic E-state index is 13.7. The summed E-state index contributed by atoms with van der Waals surface area (Å²) in [5, 5.41) is 4.93. The molecule has 11 heteroatoms. The molecule has 2 N–H and O–H groups in total. The van der Waals surface area contributed by atoms with Gasteiger partial charge in [-0.15, -0.1) is 0 Å². The van der Waals surface area contributed by atoms with Crippen molar-refractivity contribution in [2.45, 2.75) is 43.8 Å². The Kier molecular flexibility index (Phi) is 5.96. The molecule has 2 aliphatic heterocycles. The molecule has 1 aliphatic carbocycles. The van der Waals surface area contributed by atoms with Crippen LogP contribution < -0.4 is 5.73 Å². The summed E-state index contributed by atoms with van der Waals surface area (Å²) in [6, 6.07) is 8.51. The van der Waals surface area contributed by atoms with E-state index in [2.05, 4.69) is 35.8 Å². The highest BCUT2D eigenvalue weighted by molar-refractivity contribution is 5.99. The fourth-order valence-electron chi connectivity index (χ4n) is 5.64. The Morgan fingerprint density at radius 2 is 1.85 bits per heavy atom. The molecule has 1 fully saturated rings. The first-order valence-electron chi connectivity index (χ1n) is 12.9. The number of anilines is 1. The van der Waals surface area contributed by atoms with E-state index in [0.717, 1.165) is 28.8 Å². The lowest BCUT2D eigenvalue weighted by molar-refractivity contribution is -0.141. The largest absolute Gasteiger partial charge is 0.433 e. The molecule has 1 aromatic carbocycles. The molecule has 0 saturated heterocycles. The van der Waals surface area contributed by atoms with Crippen molar-refractivity contribution in [1.29, 1.82) is 0 Å². The number of alkyl halides is 3. The van der Waals surface area contributed by atoms with Crippen molar-refractivity contribution in [2.75, 3.05) is 25.4 Å². The summed E-state index contributed by atoms with van der Waals surface area (Å²) in [6.07, 6.45) is 0.846. The molecular weight excluding hydrogens is 509 g/mol. The average molecular weight is 537 g/mol. The van der Waals surface area contributed by atoms with Crippen molar-refractivity contribution >= 4 is 17.5 Å². The molecule has 2 amide bonds. The van der Waals surface area contributed by atoms with Crippen molar-refractivity contribution in [2.24, 2.45) is 0 Å². The second-order valence-electron chi connectivity index (χ2n) is 10.2. The van der Waals surface area contributed by atoms with Crippen molar-refractivity contribution in [3.8, 4) is 5.69 Å². The van der Waals surface area contributed by atoms with Gasteiger partial charge in [0.1, 0.15) is 5.69 Å². The van der Waals surface area contributed by atoms with E-state index in [1.54, 1.807) is 9.80 Å². The number of halogens is 3. The molecule has 3 aliphatic rings. The molecule has 3 aromatic rings. The molecule has 202 valence electrons. The molecular formula is C28H27F3N6O2. The molecule has 39 heavy (non-hydrogen) atoms. The maximum absolute atomic E-state index is 13.7. The van der Waals surface area contributed by atoms with Gasteiger partial charge < -0.3 is 15.5 Å². The zero-order chi connectivity index (χ0) is 27.5. The second-order valence-corrected chi connectivity index (χ2v) is 10.2. The Morgan fingerprint density at radius 3 is 2.49 bits per heavy atom. The predicted octanol–water partition coefficient (Wildman–Crippen LogP) is 4.06. The molecule has 6 rings (SSSR count). The van der Waals surface area contributed by atoms with Crippen LogP contribution in [0.15, 0.2) is 49.2 Å². The van der Waals surface area contributed by atoms with E-state index in [9.17, 15) is 22.8 Å². The Hall–Kier alpha value is -4.15. The third-order valence-corrected chi connectivity index (χ3v) is 7.80. The SMILES string of the molecule is C=CC(=O)N1CCc2nn(-c3ccc(C4CC4)cc3)c3c2[C@H](C1)N(C(=O)c1cnc(C(F)(F)F)cc1N)CC3. The fraction of sp³-hybridized carbons (Fsp3) is 0.357. The number of nitrogens with zero attached hydrogens (tertiary/aromatic N) is 5. The van der Waals surface area contributed by atoms with Gasteiger partial charge in [-0.1, -0.05) is 18.7 Å². The number of carbonyl (C=O) groups excluding carboxylic acids is 2. The van der Waals surface area contributed by atoms with E-state index in [1.165, 1.54) is 24.5 Å². The fourth-order valence-corrected chi connectivity index (χ4v) is 5.64. The highest BCUT2D eigenvalue weighted by Gasteiger charge is 2.41. The number of nitrogens with two attached hydrogens (primary N) is 1. The Bertz CT molecular complexity index is 1480. The minimum Gasteiger partial charge on any atom is -0.398 e. The van der Waals surface area contributed by atoms with E-state index in [0.29, 0.717) is 31.4 Å². The third kappa shape index (κ3) is 4.45. The van der Waals surface area contributed by atoms with Crippen molar-refractivity contribution in [3.63, 3.8) is 0 Å². The number of amides is 2. The smallest absolute Gasteiger partial charge is 0.398 e. The maximum Gasteiger partial charge on any atom is 0.433 e. The summed E-state index contributed by atoms with van der Waals surface area (Å²) >= 11 is 0. The number of nitrogen functional groups attached to an aromatic ring is 1. The van der Waals surface area contributed by atoms with Gasteiger partial charge in [0.15, 0.2) is 0 Å². The van der Waals surface area contributed by atoms with Crippen molar-refractivity contribution < 1.29 is 22.8 Å². The van der Waals surface area contributed by atoms with E-state index < -0.39 is 23.8 Å². The molecule has 2 aromatic heterocycles. The van der Waals surface area contributed by atoms with Gasteiger partial charge >= 0.3 is 6.18 Å². The van der Waals surface area contributed by atoms with Crippen LogP contribution in [0.1, 0.15) is 63.4 Å². The monoisotopic (exact) mass is 536 g/mol. The molecule has 1 saturated carbocycles. The summed E-state index contributed by atoms with van der Waals surface area (Å²) in [5.41, 5.74) is 9.21. The van der Waals surface area contributed by atoms with Crippen LogP contribution >= 0.6 is 0 Å². The van der Waals surface area contributed by atoms with Crippen LogP contribution in [-0.4, -0.2) is 56.0 Å². The first kappa shape index (κ1) is 25.1. The number of aromatic nitrogens is 3. The van der Waals surface area contributed by atoms with Gasteiger partial charge in [0.25, 0.3) is 5.91 Å². The van der Waals surface area contributed by atoms with E-state index >= 15 is 0 Å². The van der Waals surface area contributed by atoms with Crippen molar-refractivity contribution in [1.82, 2.24) is 24.6 Å². The topological polar surface area (TPSA) is 97.4 Å². The standard InChI is InChI=1S/C28H27F3N6O2/c1-2-25(38)35-11-9-21-26-22(37(34-21)18-7-5-17(6-8-18)16-3-4-16)10-12-36(23(26)15-35)27(39)19-14-33-24(13-20(19)32)28(29,30)31/h2,5-8,13-14,16,23H,1,3-4,9-12,15H2,(H2,32,33)/t23-/m0/s1. The van der Waals surface area contributed by atoms with Gasteiger partial charge in [0.2, 0.25) is 5.91 Å². The Labute approximate surface area is 222 Å². The number of pyridine rings is 1. The van der Waals surface area contributed by atoms with Crippen LogP contribution in [0.2, 0.25) is 0 Å². The van der Waals surface area contributed by atoms with Crippen LogP contribution in [0.5, 0.6) is 0 Å². The van der Waals surface area contributed by atoms with E-state index in [4.69, 9.17) is 10.8 Å². The van der Waals surface area contributed by atoms with Crippen LogP contribution in [-0.2, 0) is 23.8 Å². The zero-order valence-electron chi connectivity index (χ0n) is 21.1. The zero-order valence-corrected chi connectivity index (χ0v) is 21.1. The number of carbonyl (C=O) groups is 2. The van der Waals surface area contributed by atoms with Gasteiger partial charge in [0.05, 0.1) is 28.7 Å². The lowest BCUT2D eigenvalue weighted by Crippen LogP contribution is -2.46. The van der Waals surface area contributed by atoms with Crippen LogP contribution in [0.4, 0.5) is 18.9 Å². The van der Waals surface area contributed by atoms with Crippen LogP contribution in [0.3, 0.4) is 0 Å². The molecule has 4 heterocycles. The van der Waals surface area contributed by atoms with E-state index in [1.807, 2.05) is 4.68 Å². The summed E-state index contributed by atoms with van der Waals surface area (Å²) < 4.78 is 41.3. The number of hydrogen-bond donors (Lipinski definition) is 1. The normalized spacial score (nSPS) is 18.9. The van der Waals surface area contributed by atoms with E-state index in [-0.39, 0.29) is 30.2 Å². The average Bonchev–Trinajstić information content (AvgIpc) is 3.73. The molecule has 0 spiro atoms. The summed E-state index contributed by atoms with van der Waals surface area (Å²) in [6.45, 7) is 4.48. The minimum absolute atomic E-state index is 0.109. The quantitative estimate of drug-likeness (QED) is 0.508. The molecule has 0 bridgehead atoms. The lowest BCUT2D eigenvalue weighted by Gasteiger charge is -2.38. The van der Waals surface area contributed by atoms with Gasteiger partial charge in [-0.2, -0.15) is 18.3 Å². The first-order valence-corrected chi connectivity index (χ1v) is 12.9. The number of rotatable bonds is 4. The molecule has 0 radical (unpaired) electrons. The highest BCUT2D eigenvalue weighted by atomic mass is 19.4. The Balaban J connectivity index is 1.39. The number of hydrogen-bond acceptors (Lipinski definition) is 5. The molecule has 8 nitrogen and oxygen atoms in total. The van der Waals surface area contributed by atoms with Gasteiger partial charge in [0, 0.05) is 49.9 Å². The molecule has 1 atom stereocenters. The van der Waals surface area contributed by atoms with Crippen LogP contribution in [0, 0.1) is 0 Å². The summed E-state index contributed by atoms with van der Waals surface area (Å²) in [4.78, 5) is 33.0. The van der Waals surface area contributed by atoms with Gasteiger partial charge in [-0.25, -0.2) is 4.68 Å². The minimum atomic E-state index is -4.68. The predicted molar refractivity (Wildman–Crippen MR) is 137 cm³/mol. The second kappa shape index (κ2) is 9.25. The van der Waals surface area contributed by atoms with Crippen LogP contribution in [0.25, 0.3) is 5.69 Å². The lowest BCUT2D eigenvalue weighted by atomic mass is 9.94. The number of benzene rings is 1. The van der Waals surface area contributed by atoms with Crippen molar-refractivity contribution in [3.05, 3.63) is 83.0 Å².